The van der Waals surface area contributed by atoms with Gasteiger partial charge in [-0.3, -0.25) is 0 Å². The lowest BCUT2D eigenvalue weighted by Gasteiger charge is -2.05. The fraction of sp³-hybridized carbons (Fsp3) is 0.231. The van der Waals surface area contributed by atoms with E-state index in [9.17, 15) is 0 Å². The number of para-hydroxylation sites is 1. The molecule has 0 saturated carbocycles. The molecular weight excluding hydrogens is 218 g/mol. The van der Waals surface area contributed by atoms with Crippen LogP contribution in [0.4, 0.5) is 5.69 Å². The summed E-state index contributed by atoms with van der Waals surface area (Å²) in [5.41, 5.74) is 1.17. The van der Waals surface area contributed by atoms with Crippen molar-refractivity contribution in [2.75, 3.05) is 17.6 Å². The third-order valence-electron chi connectivity index (χ3n) is 2.27. The molecule has 0 radical (unpaired) electrons. The summed E-state index contributed by atoms with van der Waals surface area (Å²) in [5, 5.41) is 3.38. The minimum atomic E-state index is 0.958. The standard InChI is InChI=1S/C13H15NOS/c1-11-13(7-9-15-11)16-10-8-14-12-5-3-2-4-6-12/h2-7,9,14H,8,10H2,1H3. The average Bonchev–Trinajstić information content (AvgIpc) is 2.72. The van der Waals surface area contributed by atoms with Gasteiger partial charge in [0, 0.05) is 22.9 Å². The zero-order valence-corrected chi connectivity index (χ0v) is 10.1. The van der Waals surface area contributed by atoms with Crippen molar-refractivity contribution < 1.29 is 4.42 Å². The summed E-state index contributed by atoms with van der Waals surface area (Å²) in [5.74, 6) is 2.04. The Balaban J connectivity index is 1.72. The molecule has 0 unspecified atom stereocenters. The van der Waals surface area contributed by atoms with Crippen molar-refractivity contribution in [1.82, 2.24) is 0 Å². The van der Waals surface area contributed by atoms with Crippen molar-refractivity contribution in [3.8, 4) is 0 Å². The van der Waals surface area contributed by atoms with Crippen LogP contribution in [0.25, 0.3) is 0 Å². The lowest BCUT2D eigenvalue weighted by Crippen LogP contribution is -2.03. The maximum Gasteiger partial charge on any atom is 0.114 e. The van der Waals surface area contributed by atoms with Gasteiger partial charge in [0.15, 0.2) is 0 Å². The average molecular weight is 233 g/mol. The lowest BCUT2D eigenvalue weighted by atomic mass is 10.3. The molecule has 0 saturated heterocycles. The van der Waals surface area contributed by atoms with Crippen molar-refractivity contribution in [3.63, 3.8) is 0 Å². The van der Waals surface area contributed by atoms with Crippen LogP contribution in [-0.2, 0) is 0 Å². The van der Waals surface area contributed by atoms with Gasteiger partial charge >= 0.3 is 0 Å². The monoisotopic (exact) mass is 233 g/mol. The molecule has 1 N–H and O–H groups in total. The molecule has 0 bridgehead atoms. The molecule has 2 nitrogen and oxygen atoms in total. The Kier molecular flexibility index (Phi) is 3.94. The van der Waals surface area contributed by atoms with Crippen LogP contribution in [0.3, 0.4) is 0 Å². The number of furan rings is 1. The van der Waals surface area contributed by atoms with E-state index >= 15 is 0 Å². The summed E-state index contributed by atoms with van der Waals surface area (Å²) >= 11 is 1.82. The van der Waals surface area contributed by atoms with E-state index in [1.165, 1.54) is 10.6 Å². The number of benzene rings is 1. The summed E-state index contributed by atoms with van der Waals surface area (Å²) < 4.78 is 5.24. The number of hydrogen-bond acceptors (Lipinski definition) is 3. The van der Waals surface area contributed by atoms with Crippen molar-refractivity contribution in [1.29, 1.82) is 0 Å². The van der Waals surface area contributed by atoms with Crippen molar-refractivity contribution in [3.05, 3.63) is 48.4 Å². The van der Waals surface area contributed by atoms with Crippen molar-refractivity contribution >= 4 is 17.4 Å². The van der Waals surface area contributed by atoms with Crippen LogP contribution in [0.5, 0.6) is 0 Å². The van der Waals surface area contributed by atoms with E-state index in [2.05, 4.69) is 17.4 Å². The third-order valence-corrected chi connectivity index (χ3v) is 3.42. The van der Waals surface area contributed by atoms with Gasteiger partial charge in [-0.15, -0.1) is 11.8 Å². The number of aryl methyl sites for hydroxylation is 1. The highest BCUT2D eigenvalue weighted by atomic mass is 32.2. The van der Waals surface area contributed by atoms with Gasteiger partial charge < -0.3 is 9.73 Å². The van der Waals surface area contributed by atoms with Gasteiger partial charge in [-0.1, -0.05) is 18.2 Å². The van der Waals surface area contributed by atoms with Crippen LogP contribution in [0.15, 0.2) is 52.0 Å². The fourth-order valence-electron chi connectivity index (χ4n) is 1.44. The number of hydrogen-bond donors (Lipinski definition) is 1. The van der Waals surface area contributed by atoms with E-state index in [0.717, 1.165) is 18.1 Å². The van der Waals surface area contributed by atoms with Gasteiger partial charge in [0.2, 0.25) is 0 Å². The Labute approximate surface area is 100 Å². The highest BCUT2D eigenvalue weighted by molar-refractivity contribution is 7.99. The number of thioether (sulfide) groups is 1. The minimum absolute atomic E-state index is 0.958. The largest absolute Gasteiger partial charge is 0.468 e. The summed E-state index contributed by atoms with van der Waals surface area (Å²) in [6, 6.07) is 12.3. The van der Waals surface area contributed by atoms with Crippen LogP contribution in [-0.4, -0.2) is 12.3 Å². The molecule has 1 heterocycles. The zero-order valence-electron chi connectivity index (χ0n) is 9.27. The second kappa shape index (κ2) is 5.66. The Morgan fingerprint density at radius 1 is 1.19 bits per heavy atom. The maximum absolute atomic E-state index is 5.24. The Morgan fingerprint density at radius 2 is 2.00 bits per heavy atom. The molecule has 84 valence electrons. The summed E-state index contributed by atoms with van der Waals surface area (Å²) in [6.45, 7) is 2.95. The van der Waals surface area contributed by atoms with Crippen LogP contribution in [0, 0.1) is 6.92 Å². The Hall–Kier alpha value is -1.35. The number of rotatable bonds is 5. The highest BCUT2D eigenvalue weighted by Gasteiger charge is 2.00. The number of anilines is 1. The Bertz CT molecular complexity index is 425. The first kappa shape index (κ1) is 11.1. The van der Waals surface area contributed by atoms with Gasteiger partial charge in [-0.05, 0) is 25.1 Å². The van der Waals surface area contributed by atoms with Crippen molar-refractivity contribution in [2.24, 2.45) is 0 Å². The van der Waals surface area contributed by atoms with Crippen LogP contribution in [0.2, 0.25) is 0 Å². The molecule has 0 spiro atoms. The molecule has 0 aliphatic carbocycles. The van der Waals surface area contributed by atoms with Gasteiger partial charge in [0.25, 0.3) is 0 Å². The van der Waals surface area contributed by atoms with E-state index in [1.54, 1.807) is 6.26 Å². The second-order valence-electron chi connectivity index (χ2n) is 3.48. The number of nitrogens with one attached hydrogen (secondary N) is 1. The molecule has 1 aromatic carbocycles. The van der Waals surface area contributed by atoms with E-state index in [-0.39, 0.29) is 0 Å². The molecule has 3 heteroatoms. The molecule has 2 rings (SSSR count). The van der Waals surface area contributed by atoms with Crippen LogP contribution < -0.4 is 5.32 Å². The molecule has 1 aromatic heterocycles. The molecule has 2 aromatic rings. The topological polar surface area (TPSA) is 25.2 Å². The quantitative estimate of drug-likeness (QED) is 0.628. The first-order chi connectivity index (χ1) is 7.86. The summed E-state index contributed by atoms with van der Waals surface area (Å²) in [7, 11) is 0. The summed E-state index contributed by atoms with van der Waals surface area (Å²) in [4.78, 5) is 1.23. The normalized spacial score (nSPS) is 10.3. The molecule has 0 aliphatic rings. The molecule has 0 aliphatic heterocycles. The van der Waals surface area contributed by atoms with E-state index in [1.807, 2.05) is 43.0 Å². The third kappa shape index (κ3) is 3.07. The van der Waals surface area contributed by atoms with Crippen molar-refractivity contribution in [2.45, 2.75) is 11.8 Å². The molecule has 0 atom stereocenters. The van der Waals surface area contributed by atoms with Gasteiger partial charge in [0.1, 0.15) is 5.76 Å². The molecular formula is C13H15NOS. The molecule has 0 fully saturated rings. The second-order valence-corrected chi connectivity index (χ2v) is 4.62. The maximum atomic E-state index is 5.24. The van der Waals surface area contributed by atoms with E-state index in [4.69, 9.17) is 4.42 Å². The predicted molar refractivity (Wildman–Crippen MR) is 69.1 cm³/mol. The first-order valence-electron chi connectivity index (χ1n) is 5.32. The summed E-state index contributed by atoms with van der Waals surface area (Å²) in [6.07, 6.45) is 1.74. The zero-order chi connectivity index (χ0) is 11.2. The fourth-order valence-corrected chi connectivity index (χ4v) is 2.26. The van der Waals surface area contributed by atoms with E-state index in [0.29, 0.717) is 0 Å². The van der Waals surface area contributed by atoms with Crippen LogP contribution >= 0.6 is 11.8 Å². The van der Waals surface area contributed by atoms with Gasteiger partial charge in [-0.2, -0.15) is 0 Å². The predicted octanol–water partition coefficient (Wildman–Crippen LogP) is 3.79. The molecule has 0 amide bonds. The minimum Gasteiger partial charge on any atom is -0.468 e. The van der Waals surface area contributed by atoms with E-state index < -0.39 is 0 Å². The van der Waals surface area contributed by atoms with Gasteiger partial charge in [0.05, 0.1) is 6.26 Å². The van der Waals surface area contributed by atoms with Crippen LogP contribution in [0.1, 0.15) is 5.76 Å². The molecule has 16 heavy (non-hydrogen) atoms. The first-order valence-corrected chi connectivity index (χ1v) is 6.30. The Morgan fingerprint density at radius 3 is 2.69 bits per heavy atom. The SMILES string of the molecule is Cc1occc1SCCNc1ccccc1. The smallest absolute Gasteiger partial charge is 0.114 e. The van der Waals surface area contributed by atoms with Gasteiger partial charge in [-0.25, -0.2) is 0 Å². The lowest BCUT2D eigenvalue weighted by molar-refractivity contribution is 0.527. The highest BCUT2D eigenvalue weighted by Crippen LogP contribution is 2.22.